The molecule has 2 N–H and O–H groups in total. The van der Waals surface area contributed by atoms with Crippen LogP contribution in [0.5, 0.6) is 0 Å². The first-order valence-electron chi connectivity index (χ1n) is 8.23. The molecule has 0 saturated carbocycles. The standard InChI is InChI=1S/C19H17N3O4S/c1-3-26-18(25)13-11(2)21-15(14(13)12-7-5-4-6-8-12)16(23)17(24)22-19-20-9-10-27-19/h4-10,21H,3H2,1-2H3,(H,20,22,24). The minimum atomic E-state index is -0.834. The Bertz CT molecular complexity index is 978. The number of nitrogens with zero attached hydrogens (tertiary/aromatic N) is 1. The number of hydrogen-bond acceptors (Lipinski definition) is 6. The van der Waals surface area contributed by atoms with Gasteiger partial charge in [0.2, 0.25) is 0 Å². The quantitative estimate of drug-likeness (QED) is 0.386. The molecule has 8 heteroatoms. The topological polar surface area (TPSA) is 101 Å². The Morgan fingerprint density at radius 2 is 1.96 bits per heavy atom. The summed E-state index contributed by atoms with van der Waals surface area (Å²) >= 11 is 1.20. The van der Waals surface area contributed by atoms with Crippen molar-refractivity contribution in [2.45, 2.75) is 13.8 Å². The second kappa shape index (κ2) is 7.96. The summed E-state index contributed by atoms with van der Waals surface area (Å²) in [6.07, 6.45) is 1.53. The highest BCUT2D eigenvalue weighted by Crippen LogP contribution is 2.31. The number of anilines is 1. The van der Waals surface area contributed by atoms with E-state index in [1.54, 1.807) is 43.5 Å². The molecular weight excluding hydrogens is 366 g/mol. The number of benzene rings is 1. The van der Waals surface area contributed by atoms with Crippen molar-refractivity contribution in [1.29, 1.82) is 0 Å². The second-order valence-corrected chi connectivity index (χ2v) is 6.48. The molecule has 2 heterocycles. The van der Waals surface area contributed by atoms with Crippen LogP contribution >= 0.6 is 11.3 Å². The molecule has 0 aliphatic heterocycles. The predicted octanol–water partition coefficient (Wildman–Crippen LogP) is 3.44. The summed E-state index contributed by atoms with van der Waals surface area (Å²) in [4.78, 5) is 44.5. The van der Waals surface area contributed by atoms with Gasteiger partial charge in [-0.1, -0.05) is 30.3 Å². The molecule has 0 atom stereocenters. The number of H-pyrrole nitrogens is 1. The first kappa shape index (κ1) is 18.5. The molecule has 0 fully saturated rings. The fourth-order valence-electron chi connectivity index (χ4n) is 2.70. The van der Waals surface area contributed by atoms with Gasteiger partial charge in [-0.3, -0.25) is 14.9 Å². The number of esters is 1. The second-order valence-electron chi connectivity index (χ2n) is 5.58. The highest BCUT2D eigenvalue weighted by Gasteiger charge is 2.29. The van der Waals surface area contributed by atoms with E-state index < -0.39 is 17.7 Å². The van der Waals surface area contributed by atoms with Gasteiger partial charge in [0.1, 0.15) is 5.69 Å². The van der Waals surface area contributed by atoms with Crippen LogP contribution in [0.1, 0.15) is 33.5 Å². The van der Waals surface area contributed by atoms with E-state index in [1.807, 2.05) is 6.07 Å². The number of ether oxygens (including phenoxy) is 1. The molecule has 138 valence electrons. The van der Waals surface area contributed by atoms with E-state index in [2.05, 4.69) is 15.3 Å². The average molecular weight is 383 g/mol. The Labute approximate surface area is 159 Å². The fraction of sp³-hybridized carbons (Fsp3) is 0.158. The normalized spacial score (nSPS) is 10.4. The molecule has 1 aromatic carbocycles. The minimum absolute atomic E-state index is 0.0378. The van der Waals surface area contributed by atoms with Crippen LogP contribution in [0.15, 0.2) is 41.9 Å². The van der Waals surface area contributed by atoms with Gasteiger partial charge in [-0.2, -0.15) is 0 Å². The van der Waals surface area contributed by atoms with Gasteiger partial charge in [0.05, 0.1) is 12.2 Å². The number of aromatic nitrogens is 2. The van der Waals surface area contributed by atoms with Crippen molar-refractivity contribution < 1.29 is 19.1 Å². The van der Waals surface area contributed by atoms with E-state index in [-0.39, 0.29) is 17.9 Å². The molecule has 0 aliphatic carbocycles. The minimum Gasteiger partial charge on any atom is -0.462 e. The predicted molar refractivity (Wildman–Crippen MR) is 102 cm³/mol. The Hall–Kier alpha value is -3.26. The first-order chi connectivity index (χ1) is 13.0. The zero-order chi connectivity index (χ0) is 19.4. The maximum atomic E-state index is 12.8. The third-order valence-corrected chi connectivity index (χ3v) is 4.50. The summed E-state index contributed by atoms with van der Waals surface area (Å²) < 4.78 is 5.13. The maximum Gasteiger partial charge on any atom is 0.340 e. The van der Waals surface area contributed by atoms with Crippen molar-refractivity contribution >= 4 is 34.1 Å². The number of rotatable bonds is 6. The van der Waals surface area contributed by atoms with Crippen molar-refractivity contribution in [2.75, 3.05) is 11.9 Å². The summed E-state index contributed by atoms with van der Waals surface area (Å²) in [5.41, 5.74) is 1.73. The number of hydrogen-bond donors (Lipinski definition) is 2. The first-order valence-corrected chi connectivity index (χ1v) is 9.11. The zero-order valence-corrected chi connectivity index (χ0v) is 15.6. The number of ketones is 1. The van der Waals surface area contributed by atoms with Crippen molar-refractivity contribution in [3.63, 3.8) is 0 Å². The average Bonchev–Trinajstić information content (AvgIpc) is 3.29. The molecule has 3 rings (SSSR count). The van der Waals surface area contributed by atoms with Crippen LogP contribution in [0, 0.1) is 6.92 Å². The van der Waals surface area contributed by atoms with E-state index in [0.29, 0.717) is 22.0 Å². The van der Waals surface area contributed by atoms with Gasteiger partial charge in [-0.15, -0.1) is 11.3 Å². The Balaban J connectivity index is 2.07. The monoisotopic (exact) mass is 383 g/mol. The number of aryl methyl sites for hydroxylation is 1. The van der Waals surface area contributed by atoms with Gasteiger partial charge < -0.3 is 9.72 Å². The number of aromatic amines is 1. The van der Waals surface area contributed by atoms with Crippen LogP contribution in [0.3, 0.4) is 0 Å². The molecule has 0 radical (unpaired) electrons. The lowest BCUT2D eigenvalue weighted by atomic mass is 9.98. The van der Waals surface area contributed by atoms with Gasteiger partial charge in [-0.25, -0.2) is 9.78 Å². The number of thiazole rings is 1. The molecular formula is C19H17N3O4S. The molecule has 0 spiro atoms. The van der Waals surface area contributed by atoms with Crippen LogP contribution in [-0.2, 0) is 9.53 Å². The number of amides is 1. The van der Waals surface area contributed by atoms with Crippen LogP contribution < -0.4 is 5.32 Å². The van der Waals surface area contributed by atoms with Gasteiger partial charge >= 0.3 is 5.97 Å². The molecule has 7 nitrogen and oxygen atoms in total. The number of carbonyl (C=O) groups excluding carboxylic acids is 3. The van der Waals surface area contributed by atoms with Crippen molar-refractivity contribution in [3.05, 3.63) is 58.9 Å². The number of carbonyl (C=O) groups is 3. The highest BCUT2D eigenvalue weighted by molar-refractivity contribution is 7.13. The van der Waals surface area contributed by atoms with E-state index >= 15 is 0 Å². The summed E-state index contributed by atoms with van der Waals surface area (Å²) in [6.45, 7) is 3.56. The van der Waals surface area contributed by atoms with Gasteiger partial charge in [-0.05, 0) is 19.4 Å². The molecule has 0 aliphatic rings. The smallest absolute Gasteiger partial charge is 0.340 e. The Morgan fingerprint density at radius 3 is 2.59 bits per heavy atom. The van der Waals surface area contributed by atoms with Gasteiger partial charge in [0.25, 0.3) is 11.7 Å². The van der Waals surface area contributed by atoms with E-state index in [9.17, 15) is 14.4 Å². The summed E-state index contributed by atoms with van der Waals surface area (Å²) in [5, 5.41) is 4.48. The Kier molecular flexibility index (Phi) is 5.46. The largest absolute Gasteiger partial charge is 0.462 e. The molecule has 0 bridgehead atoms. The van der Waals surface area contributed by atoms with E-state index in [0.717, 1.165) is 0 Å². The Morgan fingerprint density at radius 1 is 1.22 bits per heavy atom. The zero-order valence-electron chi connectivity index (χ0n) is 14.7. The van der Waals surface area contributed by atoms with Crippen LogP contribution in [0.2, 0.25) is 0 Å². The third kappa shape index (κ3) is 3.80. The van der Waals surface area contributed by atoms with Gasteiger partial charge in [0, 0.05) is 22.8 Å². The molecule has 2 aromatic heterocycles. The molecule has 27 heavy (non-hydrogen) atoms. The summed E-state index contributed by atoms with van der Waals surface area (Å²) in [7, 11) is 0. The lowest BCUT2D eigenvalue weighted by Crippen LogP contribution is -2.23. The molecule has 0 unspecified atom stereocenters. The van der Waals surface area contributed by atoms with Gasteiger partial charge in [0.15, 0.2) is 5.13 Å². The molecule has 3 aromatic rings. The summed E-state index contributed by atoms with van der Waals surface area (Å²) in [6, 6.07) is 8.93. The van der Waals surface area contributed by atoms with Crippen molar-refractivity contribution in [2.24, 2.45) is 0 Å². The van der Waals surface area contributed by atoms with E-state index in [1.165, 1.54) is 17.5 Å². The lowest BCUT2D eigenvalue weighted by molar-refractivity contribution is -0.112. The number of Topliss-reactive ketones (excluding diaryl/α,β-unsaturated/α-hetero) is 1. The van der Waals surface area contributed by atoms with Crippen LogP contribution in [-0.4, -0.2) is 34.2 Å². The number of nitrogens with one attached hydrogen (secondary N) is 2. The molecule has 1 amide bonds. The van der Waals surface area contributed by atoms with Crippen LogP contribution in [0.4, 0.5) is 5.13 Å². The maximum absolute atomic E-state index is 12.8. The lowest BCUT2D eigenvalue weighted by Gasteiger charge is -2.07. The third-order valence-electron chi connectivity index (χ3n) is 3.82. The van der Waals surface area contributed by atoms with Crippen LogP contribution in [0.25, 0.3) is 11.1 Å². The highest BCUT2D eigenvalue weighted by atomic mass is 32.1. The summed E-state index contributed by atoms with van der Waals surface area (Å²) in [5.74, 6) is -2.18. The van der Waals surface area contributed by atoms with E-state index in [4.69, 9.17) is 4.74 Å². The van der Waals surface area contributed by atoms with Crippen molar-refractivity contribution in [3.8, 4) is 11.1 Å². The SMILES string of the molecule is CCOC(=O)c1c(C)[nH]c(C(=O)C(=O)Nc2nccs2)c1-c1ccccc1. The molecule has 0 saturated heterocycles. The van der Waals surface area contributed by atoms with Crippen molar-refractivity contribution in [1.82, 2.24) is 9.97 Å². The fourth-order valence-corrected chi connectivity index (χ4v) is 3.22.